The van der Waals surface area contributed by atoms with Crippen LogP contribution < -0.4 is 10.6 Å². The van der Waals surface area contributed by atoms with Gasteiger partial charge in [-0.2, -0.15) is 0 Å². The number of nitrogens with zero attached hydrogens (tertiary/aromatic N) is 2. The van der Waals surface area contributed by atoms with Crippen LogP contribution in [-0.4, -0.2) is 17.4 Å². The van der Waals surface area contributed by atoms with Crippen LogP contribution in [0.15, 0.2) is 29.6 Å². The highest BCUT2D eigenvalue weighted by atomic mass is 32.1. The first-order valence-corrected chi connectivity index (χ1v) is 7.67. The van der Waals surface area contributed by atoms with Crippen molar-refractivity contribution >= 4 is 22.9 Å². The fraction of sp³-hybridized carbons (Fsp3) is 0.333. The van der Waals surface area contributed by atoms with Gasteiger partial charge < -0.3 is 10.6 Å². The molecular formula is C15H15N3OS. The lowest BCUT2D eigenvalue weighted by molar-refractivity contribution is 0.0983. The van der Waals surface area contributed by atoms with E-state index in [4.69, 9.17) is 5.73 Å². The number of thiazole rings is 1. The zero-order valence-electron chi connectivity index (χ0n) is 11.0. The predicted octanol–water partition coefficient (Wildman–Crippen LogP) is 2.29. The second kappa shape index (κ2) is 4.14. The molecule has 5 heteroatoms. The highest BCUT2D eigenvalue weighted by Crippen LogP contribution is 2.56. The molecule has 1 amide bonds. The topological polar surface area (TPSA) is 59.2 Å². The molecule has 0 saturated heterocycles. The van der Waals surface area contributed by atoms with Crippen LogP contribution >= 0.6 is 11.3 Å². The molecule has 0 radical (unpaired) electrons. The molecule has 20 heavy (non-hydrogen) atoms. The van der Waals surface area contributed by atoms with E-state index < -0.39 is 0 Å². The molecule has 0 atom stereocenters. The largest absolute Gasteiger partial charge is 0.325 e. The summed E-state index contributed by atoms with van der Waals surface area (Å²) in [7, 11) is 0. The van der Waals surface area contributed by atoms with Crippen molar-refractivity contribution < 1.29 is 4.79 Å². The first-order chi connectivity index (χ1) is 9.73. The molecule has 2 aliphatic rings. The Bertz CT molecular complexity index is 690. The summed E-state index contributed by atoms with van der Waals surface area (Å²) < 4.78 is 0. The lowest BCUT2D eigenvalue weighted by Gasteiger charge is -2.16. The summed E-state index contributed by atoms with van der Waals surface area (Å²) in [6, 6.07) is 8.24. The lowest BCUT2D eigenvalue weighted by Crippen LogP contribution is -2.31. The minimum Gasteiger partial charge on any atom is -0.325 e. The summed E-state index contributed by atoms with van der Waals surface area (Å²) in [6.07, 6.45) is 2.36. The Morgan fingerprint density at radius 2 is 2.20 bits per heavy atom. The predicted molar refractivity (Wildman–Crippen MR) is 79.0 cm³/mol. The second-order valence-corrected chi connectivity index (χ2v) is 6.46. The van der Waals surface area contributed by atoms with Crippen molar-refractivity contribution in [1.29, 1.82) is 0 Å². The summed E-state index contributed by atoms with van der Waals surface area (Å²) in [4.78, 5) is 18.9. The first kappa shape index (κ1) is 12.1. The molecule has 0 bridgehead atoms. The van der Waals surface area contributed by atoms with Crippen LogP contribution in [0.2, 0.25) is 0 Å². The molecule has 1 saturated carbocycles. The average molecular weight is 285 g/mol. The van der Waals surface area contributed by atoms with Gasteiger partial charge in [-0.05, 0) is 24.5 Å². The van der Waals surface area contributed by atoms with E-state index in [1.54, 1.807) is 0 Å². The molecule has 1 aromatic heterocycles. The number of para-hydroxylation sites is 1. The number of benzene rings is 1. The van der Waals surface area contributed by atoms with Crippen molar-refractivity contribution in [3.05, 3.63) is 45.9 Å². The third-order valence-corrected chi connectivity index (χ3v) is 5.14. The van der Waals surface area contributed by atoms with Gasteiger partial charge >= 0.3 is 0 Å². The van der Waals surface area contributed by atoms with Crippen LogP contribution in [0.3, 0.4) is 0 Å². The highest BCUT2D eigenvalue weighted by molar-refractivity contribution is 7.09. The van der Waals surface area contributed by atoms with Gasteiger partial charge in [-0.1, -0.05) is 18.2 Å². The van der Waals surface area contributed by atoms with Gasteiger partial charge in [-0.3, -0.25) is 4.79 Å². The number of nitrogens with two attached hydrogens (primary N) is 1. The zero-order chi connectivity index (χ0) is 13.7. The standard InChI is InChI=1S/C15H15N3OS/c16-7-13-17-11(8-20-13)14(19)18-9-15(5-6-15)10-3-1-2-4-12(10)18/h1-4,8H,5-7,9,16H2. The van der Waals surface area contributed by atoms with Crippen LogP contribution in [0, 0.1) is 0 Å². The minimum absolute atomic E-state index is 0.00262. The van der Waals surface area contributed by atoms with E-state index >= 15 is 0 Å². The van der Waals surface area contributed by atoms with E-state index in [1.807, 2.05) is 22.4 Å². The Labute approximate surface area is 121 Å². The van der Waals surface area contributed by atoms with Crippen molar-refractivity contribution in [1.82, 2.24) is 4.98 Å². The van der Waals surface area contributed by atoms with Gasteiger partial charge in [0.25, 0.3) is 5.91 Å². The number of carbonyl (C=O) groups excluding carboxylic acids is 1. The smallest absolute Gasteiger partial charge is 0.277 e. The number of aromatic nitrogens is 1. The van der Waals surface area contributed by atoms with Crippen molar-refractivity contribution in [2.24, 2.45) is 5.73 Å². The summed E-state index contributed by atoms with van der Waals surface area (Å²) in [5.41, 5.74) is 8.68. The third-order valence-electron chi connectivity index (χ3n) is 4.27. The molecule has 4 nitrogen and oxygen atoms in total. The van der Waals surface area contributed by atoms with Crippen LogP contribution in [0.5, 0.6) is 0 Å². The number of rotatable bonds is 2. The molecule has 1 aromatic carbocycles. The number of amides is 1. The van der Waals surface area contributed by atoms with Crippen molar-refractivity contribution in [2.75, 3.05) is 11.4 Å². The molecule has 1 spiro atoms. The maximum absolute atomic E-state index is 12.7. The van der Waals surface area contributed by atoms with E-state index in [2.05, 4.69) is 17.1 Å². The number of hydrogen-bond donors (Lipinski definition) is 1. The van der Waals surface area contributed by atoms with Crippen molar-refractivity contribution in [3.8, 4) is 0 Å². The van der Waals surface area contributed by atoms with Crippen LogP contribution in [0.1, 0.15) is 33.9 Å². The summed E-state index contributed by atoms with van der Waals surface area (Å²) in [5.74, 6) is -0.00262. The van der Waals surface area contributed by atoms with Gasteiger partial charge in [0.15, 0.2) is 0 Å². The van der Waals surface area contributed by atoms with E-state index in [9.17, 15) is 4.79 Å². The molecule has 0 unspecified atom stereocenters. The SMILES string of the molecule is NCc1nc(C(=O)N2CC3(CC3)c3ccccc32)cs1. The molecule has 2 heterocycles. The van der Waals surface area contributed by atoms with E-state index in [0.29, 0.717) is 12.2 Å². The number of anilines is 1. The third kappa shape index (κ3) is 1.63. The Balaban J connectivity index is 1.71. The monoisotopic (exact) mass is 285 g/mol. The van der Waals surface area contributed by atoms with Crippen molar-refractivity contribution in [2.45, 2.75) is 24.8 Å². The lowest BCUT2D eigenvalue weighted by atomic mass is 9.99. The molecule has 102 valence electrons. The number of fused-ring (bicyclic) bond motifs is 2. The molecule has 4 rings (SSSR count). The van der Waals surface area contributed by atoms with Crippen LogP contribution in [0.25, 0.3) is 0 Å². The fourth-order valence-electron chi connectivity index (χ4n) is 3.03. The van der Waals surface area contributed by atoms with Crippen LogP contribution in [-0.2, 0) is 12.0 Å². The highest BCUT2D eigenvalue weighted by Gasteiger charge is 2.52. The van der Waals surface area contributed by atoms with E-state index in [1.165, 1.54) is 29.7 Å². The van der Waals surface area contributed by atoms with Gasteiger partial charge in [-0.25, -0.2) is 4.98 Å². The quantitative estimate of drug-likeness (QED) is 0.921. The summed E-state index contributed by atoms with van der Waals surface area (Å²) in [6.45, 7) is 1.18. The molecule has 1 aliphatic heterocycles. The molecule has 2 N–H and O–H groups in total. The second-order valence-electron chi connectivity index (χ2n) is 5.52. The van der Waals surface area contributed by atoms with Gasteiger partial charge in [0.2, 0.25) is 0 Å². The Morgan fingerprint density at radius 1 is 1.40 bits per heavy atom. The number of carbonyl (C=O) groups is 1. The maximum atomic E-state index is 12.7. The molecule has 1 fully saturated rings. The molecular weight excluding hydrogens is 270 g/mol. The van der Waals surface area contributed by atoms with Gasteiger partial charge in [0.1, 0.15) is 10.7 Å². The summed E-state index contributed by atoms with van der Waals surface area (Å²) >= 11 is 1.45. The van der Waals surface area contributed by atoms with Gasteiger partial charge in [-0.15, -0.1) is 11.3 Å². The fourth-order valence-corrected chi connectivity index (χ4v) is 3.68. The zero-order valence-corrected chi connectivity index (χ0v) is 11.8. The summed E-state index contributed by atoms with van der Waals surface area (Å²) in [5, 5.41) is 2.62. The van der Waals surface area contributed by atoms with Gasteiger partial charge in [0.05, 0.1) is 0 Å². The van der Waals surface area contributed by atoms with E-state index in [-0.39, 0.29) is 11.3 Å². The van der Waals surface area contributed by atoms with Crippen molar-refractivity contribution in [3.63, 3.8) is 0 Å². The van der Waals surface area contributed by atoms with Gasteiger partial charge in [0, 0.05) is 29.6 Å². The van der Waals surface area contributed by atoms with Crippen LogP contribution in [0.4, 0.5) is 5.69 Å². The molecule has 2 aromatic rings. The Morgan fingerprint density at radius 3 is 2.90 bits per heavy atom. The minimum atomic E-state index is -0.00262. The average Bonchev–Trinajstić information content (AvgIpc) is 2.98. The first-order valence-electron chi connectivity index (χ1n) is 6.79. The Hall–Kier alpha value is -1.72. The molecule has 1 aliphatic carbocycles. The normalized spacial score (nSPS) is 18.4. The Kier molecular flexibility index (Phi) is 2.49. The maximum Gasteiger partial charge on any atom is 0.277 e. The number of hydrogen-bond acceptors (Lipinski definition) is 4. The van der Waals surface area contributed by atoms with E-state index in [0.717, 1.165) is 17.2 Å².